The lowest BCUT2D eigenvalue weighted by molar-refractivity contribution is -0.158. The Hall–Kier alpha value is -2.59. The van der Waals surface area contributed by atoms with Crippen LogP contribution in [0.2, 0.25) is 0 Å². The van der Waals surface area contributed by atoms with Crippen LogP contribution < -0.4 is 4.72 Å². The van der Waals surface area contributed by atoms with Crippen LogP contribution in [-0.2, 0) is 34.1 Å². The van der Waals surface area contributed by atoms with Gasteiger partial charge in [-0.2, -0.15) is 0 Å². The number of sulfonamides is 1. The Morgan fingerprint density at radius 2 is 1.74 bits per heavy atom. The van der Waals surface area contributed by atoms with Gasteiger partial charge in [0.2, 0.25) is 0 Å². The molecule has 3 rings (SSSR count). The monoisotopic (exact) mass is 509 g/mol. The number of carbonyl (C=O) groups excluding carboxylic acids is 1. The maximum Gasteiger partial charge on any atom is 0.344 e. The predicted octanol–water partition coefficient (Wildman–Crippen LogP) is 3.77. The molecule has 1 N–H and O–H groups in total. The number of benzene rings is 1. The van der Waals surface area contributed by atoms with E-state index in [2.05, 4.69) is 4.72 Å². The minimum Gasteiger partial charge on any atom is -0.486 e. The fourth-order valence-corrected chi connectivity index (χ4v) is 5.75. The van der Waals surface area contributed by atoms with Crippen molar-refractivity contribution in [2.75, 3.05) is 12.9 Å². The van der Waals surface area contributed by atoms with E-state index in [0.717, 1.165) is 36.3 Å². The van der Waals surface area contributed by atoms with Gasteiger partial charge in [0, 0.05) is 23.9 Å². The zero-order valence-electron chi connectivity index (χ0n) is 19.9. The van der Waals surface area contributed by atoms with Crippen LogP contribution in [0.25, 0.3) is 0 Å². The molecule has 0 atom stereocenters. The summed E-state index contributed by atoms with van der Waals surface area (Å²) < 4.78 is 63.8. The highest BCUT2D eigenvalue weighted by molar-refractivity contribution is 7.91. The maximum atomic E-state index is 13.1. The van der Waals surface area contributed by atoms with Gasteiger partial charge >= 0.3 is 5.97 Å². The lowest BCUT2D eigenvalue weighted by Crippen LogP contribution is -2.27. The normalized spacial score (nSPS) is 17.2. The molecule has 2 aliphatic carbocycles. The van der Waals surface area contributed by atoms with Crippen molar-refractivity contribution >= 4 is 25.8 Å². The average molecular weight is 510 g/mol. The summed E-state index contributed by atoms with van der Waals surface area (Å²) in [6.07, 6.45) is 8.07. The molecule has 0 unspecified atom stereocenters. The fraction of sp³-hybridized carbons (Fsp3) is 0.458. The van der Waals surface area contributed by atoms with Crippen molar-refractivity contribution < 1.29 is 31.1 Å². The van der Waals surface area contributed by atoms with E-state index in [0.29, 0.717) is 30.7 Å². The topological polar surface area (TPSA) is 116 Å². The smallest absolute Gasteiger partial charge is 0.344 e. The minimum atomic E-state index is -4.02. The number of allylic oxidation sites excluding steroid dienone is 5. The van der Waals surface area contributed by atoms with Gasteiger partial charge in [0.15, 0.2) is 16.4 Å². The SMILES string of the molecule is CC(C)(C)OC(=O)COC1=C2CCCCC(NS(=O)(=O)c3cccc(S(C)(=O)=O)c3)=C2C=CC1. The van der Waals surface area contributed by atoms with Gasteiger partial charge in [-0.05, 0) is 70.2 Å². The summed E-state index contributed by atoms with van der Waals surface area (Å²) in [7, 11) is -7.57. The number of ether oxygens (including phenoxy) is 2. The molecular formula is C24H31NO7S2. The highest BCUT2D eigenvalue weighted by Gasteiger charge is 2.26. The second kappa shape index (κ2) is 9.95. The molecule has 186 valence electrons. The summed E-state index contributed by atoms with van der Waals surface area (Å²) >= 11 is 0. The Morgan fingerprint density at radius 1 is 1.06 bits per heavy atom. The molecule has 0 bridgehead atoms. The van der Waals surface area contributed by atoms with Gasteiger partial charge in [0.05, 0.1) is 9.79 Å². The number of esters is 1. The first-order valence-corrected chi connectivity index (χ1v) is 14.4. The van der Waals surface area contributed by atoms with Gasteiger partial charge in [-0.1, -0.05) is 18.2 Å². The third kappa shape index (κ3) is 6.73. The second-order valence-electron chi connectivity index (χ2n) is 9.34. The number of rotatable bonds is 7. The van der Waals surface area contributed by atoms with Gasteiger partial charge in [0.25, 0.3) is 10.0 Å². The summed E-state index contributed by atoms with van der Waals surface area (Å²) in [5, 5.41) is 0. The molecule has 0 fully saturated rings. The van der Waals surface area contributed by atoms with Gasteiger partial charge in [-0.15, -0.1) is 0 Å². The quantitative estimate of drug-likeness (QED) is 0.556. The molecule has 0 heterocycles. The molecule has 0 aliphatic heterocycles. The molecule has 8 nitrogen and oxygen atoms in total. The van der Waals surface area contributed by atoms with Crippen molar-refractivity contribution in [3.63, 3.8) is 0 Å². The van der Waals surface area contributed by atoms with Crippen LogP contribution in [-0.4, -0.2) is 41.3 Å². The summed E-state index contributed by atoms with van der Waals surface area (Å²) in [6, 6.07) is 5.29. The van der Waals surface area contributed by atoms with E-state index in [4.69, 9.17) is 9.47 Å². The third-order valence-corrected chi connectivity index (χ3v) is 7.76. The average Bonchev–Trinajstić information content (AvgIpc) is 2.93. The first kappa shape index (κ1) is 26.0. The van der Waals surface area contributed by atoms with Crippen LogP contribution in [0.15, 0.2) is 68.8 Å². The van der Waals surface area contributed by atoms with Gasteiger partial charge in [0.1, 0.15) is 11.4 Å². The summed E-state index contributed by atoms with van der Waals surface area (Å²) in [5.74, 6) is 0.155. The number of fused-ring (bicyclic) bond motifs is 1. The number of nitrogens with one attached hydrogen (secondary N) is 1. The maximum absolute atomic E-state index is 13.1. The molecule has 0 saturated carbocycles. The van der Waals surface area contributed by atoms with Crippen molar-refractivity contribution in [2.24, 2.45) is 0 Å². The van der Waals surface area contributed by atoms with E-state index in [1.165, 1.54) is 18.2 Å². The third-order valence-electron chi connectivity index (χ3n) is 5.26. The first-order chi connectivity index (χ1) is 15.8. The molecule has 0 spiro atoms. The Morgan fingerprint density at radius 3 is 2.41 bits per heavy atom. The molecule has 0 aromatic heterocycles. The second-order valence-corrected chi connectivity index (χ2v) is 13.0. The van der Waals surface area contributed by atoms with E-state index in [1.807, 2.05) is 12.2 Å². The summed E-state index contributed by atoms with van der Waals surface area (Å²) in [6.45, 7) is 5.13. The van der Waals surface area contributed by atoms with E-state index < -0.39 is 31.4 Å². The van der Waals surface area contributed by atoms with Crippen LogP contribution in [0.5, 0.6) is 0 Å². The van der Waals surface area contributed by atoms with Crippen molar-refractivity contribution in [1.29, 1.82) is 0 Å². The highest BCUT2D eigenvalue weighted by Crippen LogP contribution is 2.35. The predicted molar refractivity (Wildman–Crippen MR) is 128 cm³/mol. The van der Waals surface area contributed by atoms with Gasteiger partial charge in [-0.25, -0.2) is 21.6 Å². The molecule has 0 amide bonds. The molecule has 0 radical (unpaired) electrons. The number of carbonyl (C=O) groups is 1. The van der Waals surface area contributed by atoms with E-state index >= 15 is 0 Å². The van der Waals surface area contributed by atoms with Gasteiger partial charge in [-0.3, -0.25) is 4.72 Å². The van der Waals surface area contributed by atoms with Crippen LogP contribution in [0.4, 0.5) is 0 Å². The summed E-state index contributed by atoms with van der Waals surface area (Å²) in [5.41, 5.74) is 1.50. The molecule has 2 aliphatic rings. The first-order valence-electron chi connectivity index (χ1n) is 11.1. The van der Waals surface area contributed by atoms with Crippen molar-refractivity contribution in [3.8, 4) is 0 Å². The van der Waals surface area contributed by atoms with E-state index in [9.17, 15) is 21.6 Å². The molecule has 1 aromatic rings. The van der Waals surface area contributed by atoms with Crippen LogP contribution in [0, 0.1) is 0 Å². The molecule has 0 saturated heterocycles. The Labute approximate surface area is 201 Å². The zero-order chi connectivity index (χ0) is 25.1. The molecule has 1 aromatic carbocycles. The fourth-order valence-electron chi connectivity index (χ4n) is 3.82. The lowest BCUT2D eigenvalue weighted by atomic mass is 9.94. The summed E-state index contributed by atoms with van der Waals surface area (Å²) in [4.78, 5) is 11.9. The lowest BCUT2D eigenvalue weighted by Gasteiger charge is -2.23. The standard InChI is InChI=1S/C24H31NO7S2/c1-24(2,3)32-23(26)16-31-22-14-8-12-19-20(22)11-5-6-13-21(19)25-34(29,30)18-10-7-9-17(15-18)33(4,27)28/h7-10,12,15,25H,5-6,11,13-14,16H2,1-4H3. The van der Waals surface area contributed by atoms with Crippen molar-refractivity contribution in [2.45, 2.75) is 68.3 Å². The molecule has 10 heteroatoms. The van der Waals surface area contributed by atoms with Crippen LogP contribution in [0.3, 0.4) is 0 Å². The number of hydrogen-bond donors (Lipinski definition) is 1. The zero-order valence-corrected chi connectivity index (χ0v) is 21.5. The van der Waals surface area contributed by atoms with Crippen molar-refractivity contribution in [3.05, 3.63) is 59.0 Å². The number of hydrogen-bond acceptors (Lipinski definition) is 7. The Bertz CT molecular complexity index is 1260. The Kier molecular flexibility index (Phi) is 7.62. The van der Waals surface area contributed by atoms with E-state index in [-0.39, 0.29) is 16.4 Å². The Balaban J connectivity index is 1.90. The largest absolute Gasteiger partial charge is 0.486 e. The molecule has 34 heavy (non-hydrogen) atoms. The molecular weight excluding hydrogens is 478 g/mol. The van der Waals surface area contributed by atoms with Crippen LogP contribution >= 0.6 is 0 Å². The van der Waals surface area contributed by atoms with E-state index in [1.54, 1.807) is 20.8 Å². The van der Waals surface area contributed by atoms with Crippen LogP contribution in [0.1, 0.15) is 52.9 Å². The van der Waals surface area contributed by atoms with Crippen molar-refractivity contribution in [1.82, 2.24) is 4.72 Å². The highest BCUT2D eigenvalue weighted by atomic mass is 32.2. The number of sulfone groups is 1. The van der Waals surface area contributed by atoms with Gasteiger partial charge < -0.3 is 9.47 Å². The minimum absolute atomic E-state index is 0.0649.